The van der Waals surface area contributed by atoms with Gasteiger partial charge in [-0.15, -0.1) is 0 Å². The van der Waals surface area contributed by atoms with Crippen LogP contribution in [0.4, 0.5) is 0 Å². The summed E-state index contributed by atoms with van der Waals surface area (Å²) in [6.07, 6.45) is -5.50. The zero-order valence-corrected chi connectivity index (χ0v) is 26.6. The van der Waals surface area contributed by atoms with Crippen LogP contribution in [0.3, 0.4) is 0 Å². The number of esters is 2. The maximum absolute atomic E-state index is 13.7. The SMILES string of the molecule is COC[C@]12CN(C)[C@@H]3[C@@H]4[C@H](OC)[C@H]1[C@]3([C@@H](OC)C[C@H]2O)[C@@H]1C[C@@]2(O)[C@H](OC(=O)c3ccccc3)[C@@H]1[C@]4(OC(C)=O)[C@@H](O)[C@@H]2OC. The lowest BCUT2D eigenvalue weighted by Gasteiger charge is -2.70. The van der Waals surface area contributed by atoms with Gasteiger partial charge in [0.2, 0.25) is 0 Å². The van der Waals surface area contributed by atoms with Gasteiger partial charge in [0.05, 0.1) is 30.5 Å². The molecule has 0 radical (unpaired) electrons. The van der Waals surface area contributed by atoms with Crippen LogP contribution in [0.15, 0.2) is 30.3 Å². The van der Waals surface area contributed by atoms with Gasteiger partial charge in [0.25, 0.3) is 0 Å². The quantitative estimate of drug-likeness (QED) is 0.337. The van der Waals surface area contributed by atoms with Gasteiger partial charge in [-0.2, -0.15) is 0 Å². The van der Waals surface area contributed by atoms with Gasteiger partial charge < -0.3 is 48.6 Å². The molecule has 7 bridgehead atoms. The summed E-state index contributed by atoms with van der Waals surface area (Å²) in [5.74, 6) is -3.66. The van der Waals surface area contributed by atoms with Gasteiger partial charge >= 0.3 is 11.9 Å². The van der Waals surface area contributed by atoms with Crippen molar-refractivity contribution in [3.8, 4) is 0 Å². The van der Waals surface area contributed by atoms with E-state index in [0.717, 1.165) is 0 Å². The van der Waals surface area contributed by atoms with Gasteiger partial charge in [0, 0.05) is 83.0 Å². The van der Waals surface area contributed by atoms with E-state index in [-0.39, 0.29) is 25.0 Å². The van der Waals surface area contributed by atoms with Crippen LogP contribution in [0.1, 0.15) is 30.1 Å². The number of methoxy groups -OCH3 is 4. The van der Waals surface area contributed by atoms with Crippen molar-refractivity contribution in [1.82, 2.24) is 4.90 Å². The highest BCUT2D eigenvalue weighted by Gasteiger charge is 2.92. The number of benzene rings is 1. The van der Waals surface area contributed by atoms with E-state index in [1.165, 1.54) is 14.0 Å². The zero-order valence-electron chi connectivity index (χ0n) is 26.6. The molecular formula is C33H45NO11. The molecule has 1 aromatic carbocycles. The van der Waals surface area contributed by atoms with E-state index in [0.29, 0.717) is 18.5 Å². The van der Waals surface area contributed by atoms with Gasteiger partial charge in [-0.1, -0.05) is 18.2 Å². The average Bonchev–Trinajstić information content (AvgIpc) is 3.40. The van der Waals surface area contributed by atoms with Gasteiger partial charge in [-0.25, -0.2) is 4.79 Å². The summed E-state index contributed by atoms with van der Waals surface area (Å²) >= 11 is 0. The summed E-state index contributed by atoms with van der Waals surface area (Å²) in [6.45, 7) is 2.00. The topological polar surface area (TPSA) is 153 Å². The van der Waals surface area contributed by atoms with E-state index in [4.69, 9.17) is 28.4 Å². The predicted molar refractivity (Wildman–Crippen MR) is 156 cm³/mol. The lowest BCUT2D eigenvalue weighted by atomic mass is 9.42. The molecule has 1 spiro atoms. The molecule has 7 rings (SSSR count). The van der Waals surface area contributed by atoms with Crippen molar-refractivity contribution < 1.29 is 53.3 Å². The molecule has 3 N–H and O–H groups in total. The fourth-order valence-electron chi connectivity index (χ4n) is 12.2. The second-order valence-electron chi connectivity index (χ2n) is 14.3. The minimum atomic E-state index is -1.83. The van der Waals surface area contributed by atoms with Crippen molar-refractivity contribution in [2.45, 2.75) is 73.6 Å². The van der Waals surface area contributed by atoms with E-state index in [1.54, 1.807) is 51.7 Å². The molecular weight excluding hydrogens is 586 g/mol. The van der Waals surface area contributed by atoms with Crippen LogP contribution in [0.5, 0.6) is 0 Å². The number of carbonyl (C=O) groups excluding carboxylic acids is 2. The van der Waals surface area contributed by atoms with Crippen LogP contribution >= 0.6 is 0 Å². The standard InChI is InChI=1S/C33H45NO11/c1-16(35)45-33-21-18(13-31(39,28(43-6)26(33)37)27(21)44-29(38)17-10-8-7-9-11-17)32-20(41-4)12-19(36)30(15-40-3)14-34(2)25(32)22(33)23(42-5)24(30)32/h7-11,18-28,36-37,39H,12-15H2,1-6H3/t18-,19-,20+,21-,22+,23+,24-,25-,26+,27-,28+,30+,31-,32-,33-/m1/s1. The minimum Gasteiger partial charge on any atom is -0.455 e. The summed E-state index contributed by atoms with van der Waals surface area (Å²) in [7, 11) is 8.20. The summed E-state index contributed by atoms with van der Waals surface area (Å²) in [5, 5.41) is 37.0. The molecule has 1 heterocycles. The number of carbonyl (C=O) groups is 2. The van der Waals surface area contributed by atoms with E-state index >= 15 is 0 Å². The van der Waals surface area contributed by atoms with Crippen LogP contribution in [0.2, 0.25) is 0 Å². The molecule has 1 saturated heterocycles. The Balaban J connectivity index is 1.52. The van der Waals surface area contributed by atoms with Crippen LogP contribution < -0.4 is 0 Å². The number of likely N-dealkylation sites (tertiary alicyclic amines) is 1. The second kappa shape index (κ2) is 10.4. The Morgan fingerprint density at radius 1 is 1.00 bits per heavy atom. The number of hydrogen-bond donors (Lipinski definition) is 3. The molecule has 5 saturated carbocycles. The Kier molecular flexibility index (Phi) is 7.28. The molecule has 6 aliphatic rings. The van der Waals surface area contributed by atoms with Crippen molar-refractivity contribution >= 4 is 11.9 Å². The molecule has 0 amide bonds. The summed E-state index contributed by atoms with van der Waals surface area (Å²) in [4.78, 5) is 29.1. The summed E-state index contributed by atoms with van der Waals surface area (Å²) in [5.41, 5.74) is -4.79. The number of ether oxygens (including phenoxy) is 6. The molecule has 12 heteroatoms. The van der Waals surface area contributed by atoms with Crippen molar-refractivity contribution in [2.75, 3.05) is 48.6 Å². The number of nitrogens with zero attached hydrogens (tertiary/aromatic N) is 1. The monoisotopic (exact) mass is 631 g/mol. The van der Waals surface area contributed by atoms with E-state index in [9.17, 15) is 24.9 Å². The molecule has 45 heavy (non-hydrogen) atoms. The Labute approximate surface area is 262 Å². The third-order valence-electron chi connectivity index (χ3n) is 12.9. The van der Waals surface area contributed by atoms with Crippen LogP contribution in [-0.4, -0.2) is 135 Å². The molecule has 0 unspecified atom stereocenters. The van der Waals surface area contributed by atoms with Gasteiger partial charge in [-0.05, 0) is 31.5 Å². The van der Waals surface area contributed by atoms with Crippen molar-refractivity contribution in [2.24, 2.45) is 34.5 Å². The number of fused-ring (bicyclic) bond motifs is 2. The van der Waals surface area contributed by atoms with Crippen LogP contribution in [-0.2, 0) is 33.2 Å². The third kappa shape index (κ3) is 3.55. The predicted octanol–water partition coefficient (Wildman–Crippen LogP) is 0.258. The summed E-state index contributed by atoms with van der Waals surface area (Å²) in [6, 6.07) is 8.15. The minimum absolute atomic E-state index is 0.0754. The Hall–Kier alpha value is -2.16. The van der Waals surface area contributed by atoms with Gasteiger partial charge in [0.15, 0.2) is 5.60 Å². The maximum Gasteiger partial charge on any atom is 0.338 e. The van der Waals surface area contributed by atoms with Crippen molar-refractivity contribution in [3.05, 3.63) is 35.9 Å². The number of piperidine rings is 1. The first-order chi connectivity index (χ1) is 21.4. The normalized spacial score (nSPS) is 50.7. The highest BCUT2D eigenvalue weighted by molar-refractivity contribution is 5.89. The van der Waals surface area contributed by atoms with Crippen molar-refractivity contribution in [1.29, 1.82) is 0 Å². The number of rotatable bonds is 8. The molecule has 248 valence electrons. The Bertz CT molecular complexity index is 1350. The summed E-state index contributed by atoms with van der Waals surface area (Å²) < 4.78 is 37.2. The van der Waals surface area contributed by atoms with E-state index in [2.05, 4.69) is 4.90 Å². The van der Waals surface area contributed by atoms with Crippen molar-refractivity contribution in [3.63, 3.8) is 0 Å². The first kappa shape index (κ1) is 31.4. The van der Waals surface area contributed by atoms with Crippen LogP contribution in [0, 0.1) is 34.5 Å². The molecule has 1 aliphatic heterocycles. The fourth-order valence-corrected chi connectivity index (χ4v) is 12.2. The lowest BCUT2D eigenvalue weighted by Crippen LogP contribution is -2.81. The highest BCUT2D eigenvalue weighted by Crippen LogP contribution is 2.80. The second-order valence-corrected chi connectivity index (χ2v) is 14.3. The average molecular weight is 632 g/mol. The smallest absolute Gasteiger partial charge is 0.338 e. The first-order valence-electron chi connectivity index (χ1n) is 15.8. The lowest BCUT2D eigenvalue weighted by molar-refractivity contribution is -0.321. The van der Waals surface area contributed by atoms with Gasteiger partial charge in [0.1, 0.15) is 23.9 Å². The molecule has 5 aliphatic carbocycles. The van der Waals surface area contributed by atoms with Crippen LogP contribution in [0.25, 0.3) is 0 Å². The van der Waals surface area contributed by atoms with E-state index < -0.39 is 88.3 Å². The molecule has 15 atom stereocenters. The molecule has 6 fully saturated rings. The number of aliphatic hydroxyl groups excluding tert-OH is 2. The molecule has 1 aromatic rings. The van der Waals surface area contributed by atoms with Gasteiger partial charge in [-0.3, -0.25) is 4.79 Å². The largest absolute Gasteiger partial charge is 0.455 e. The Morgan fingerprint density at radius 2 is 1.71 bits per heavy atom. The zero-order chi connectivity index (χ0) is 32.3. The maximum atomic E-state index is 13.7. The molecule has 0 aromatic heterocycles. The fraction of sp³-hybridized carbons (Fsp3) is 0.758. The Morgan fingerprint density at radius 3 is 2.31 bits per heavy atom. The highest BCUT2D eigenvalue weighted by atomic mass is 16.6. The van der Waals surface area contributed by atoms with E-state index in [1.807, 2.05) is 7.05 Å². The molecule has 12 nitrogen and oxygen atoms in total. The third-order valence-corrected chi connectivity index (χ3v) is 12.9. The first-order valence-corrected chi connectivity index (χ1v) is 15.8. The number of hydrogen-bond acceptors (Lipinski definition) is 12. The number of aliphatic hydroxyl groups is 3.